The topological polar surface area (TPSA) is 58.7 Å². The molecule has 0 aliphatic rings. The standard InChI is InChI=1S/C7H7N3O/c1-5(11)7-3-6(4-8)10(2)9-7/h3H,1-2H3. The van der Waals surface area contributed by atoms with Crippen LogP contribution in [0.2, 0.25) is 0 Å². The van der Waals surface area contributed by atoms with Crippen LogP contribution in [0.15, 0.2) is 6.07 Å². The molecule has 0 spiro atoms. The number of Topliss-reactive ketones (excluding diaryl/α,β-unsaturated/α-hetero) is 1. The summed E-state index contributed by atoms with van der Waals surface area (Å²) in [5, 5.41) is 12.3. The summed E-state index contributed by atoms with van der Waals surface area (Å²) in [6.45, 7) is 1.42. The maximum Gasteiger partial charge on any atom is 0.180 e. The van der Waals surface area contributed by atoms with Gasteiger partial charge in [-0.3, -0.25) is 9.48 Å². The van der Waals surface area contributed by atoms with E-state index in [0.29, 0.717) is 11.4 Å². The number of ketones is 1. The Morgan fingerprint density at radius 2 is 2.45 bits per heavy atom. The Balaban J connectivity index is 3.18. The lowest BCUT2D eigenvalue weighted by Gasteiger charge is -1.86. The van der Waals surface area contributed by atoms with E-state index in [1.807, 2.05) is 6.07 Å². The van der Waals surface area contributed by atoms with Gasteiger partial charge < -0.3 is 0 Å². The Morgan fingerprint density at radius 3 is 2.73 bits per heavy atom. The summed E-state index contributed by atoms with van der Waals surface area (Å²) in [7, 11) is 1.63. The minimum absolute atomic E-state index is 0.123. The maximum absolute atomic E-state index is 10.7. The van der Waals surface area contributed by atoms with Gasteiger partial charge in [-0.25, -0.2) is 0 Å². The third kappa shape index (κ3) is 1.27. The SMILES string of the molecule is CC(=O)c1cc(C#N)n(C)n1. The van der Waals surface area contributed by atoms with Crippen LogP contribution in [0.3, 0.4) is 0 Å². The lowest BCUT2D eigenvalue weighted by Crippen LogP contribution is -1.96. The van der Waals surface area contributed by atoms with Gasteiger partial charge in [0.15, 0.2) is 5.78 Å². The molecule has 0 radical (unpaired) electrons. The molecule has 4 heteroatoms. The Bertz CT molecular complexity index is 332. The summed E-state index contributed by atoms with van der Waals surface area (Å²) in [4.78, 5) is 10.7. The summed E-state index contributed by atoms with van der Waals surface area (Å²) in [6, 6.07) is 3.39. The van der Waals surface area contributed by atoms with E-state index < -0.39 is 0 Å². The quantitative estimate of drug-likeness (QED) is 0.546. The zero-order valence-corrected chi connectivity index (χ0v) is 6.33. The predicted octanol–water partition coefficient (Wildman–Crippen LogP) is 0.494. The van der Waals surface area contributed by atoms with Crippen LogP contribution in [-0.2, 0) is 7.05 Å². The predicted molar refractivity (Wildman–Crippen MR) is 37.9 cm³/mol. The van der Waals surface area contributed by atoms with Crippen LogP contribution in [0.5, 0.6) is 0 Å². The molecule has 0 fully saturated rings. The molecule has 11 heavy (non-hydrogen) atoms. The molecular formula is C7H7N3O. The van der Waals surface area contributed by atoms with Gasteiger partial charge in [-0.1, -0.05) is 0 Å². The van der Waals surface area contributed by atoms with E-state index in [2.05, 4.69) is 5.10 Å². The molecule has 0 atom stereocenters. The van der Waals surface area contributed by atoms with Gasteiger partial charge >= 0.3 is 0 Å². The molecule has 1 heterocycles. The summed E-state index contributed by atoms with van der Waals surface area (Å²) in [5.41, 5.74) is 0.735. The lowest BCUT2D eigenvalue weighted by molar-refractivity contribution is 0.101. The third-order valence-corrected chi connectivity index (χ3v) is 1.36. The second kappa shape index (κ2) is 2.54. The highest BCUT2D eigenvalue weighted by atomic mass is 16.1. The second-order valence-corrected chi connectivity index (χ2v) is 2.21. The molecule has 0 amide bonds. The third-order valence-electron chi connectivity index (χ3n) is 1.36. The summed E-state index contributed by atoms with van der Waals surface area (Å²) < 4.78 is 1.39. The molecule has 0 bridgehead atoms. The van der Waals surface area contributed by atoms with Crippen molar-refractivity contribution in [1.82, 2.24) is 9.78 Å². The van der Waals surface area contributed by atoms with Crippen molar-refractivity contribution >= 4 is 5.78 Å². The fourth-order valence-corrected chi connectivity index (χ4v) is 0.744. The Morgan fingerprint density at radius 1 is 1.82 bits per heavy atom. The van der Waals surface area contributed by atoms with E-state index in [1.165, 1.54) is 17.7 Å². The van der Waals surface area contributed by atoms with E-state index >= 15 is 0 Å². The van der Waals surface area contributed by atoms with E-state index in [-0.39, 0.29) is 5.78 Å². The molecule has 56 valence electrons. The molecule has 1 aromatic heterocycles. The Labute approximate surface area is 64.1 Å². The van der Waals surface area contributed by atoms with Crippen molar-refractivity contribution in [2.24, 2.45) is 7.05 Å². The van der Waals surface area contributed by atoms with Crippen molar-refractivity contribution in [2.45, 2.75) is 6.92 Å². The minimum atomic E-state index is -0.123. The van der Waals surface area contributed by atoms with E-state index in [4.69, 9.17) is 5.26 Å². The number of hydrogen-bond acceptors (Lipinski definition) is 3. The van der Waals surface area contributed by atoms with Gasteiger partial charge in [0.05, 0.1) is 0 Å². The van der Waals surface area contributed by atoms with Gasteiger partial charge in [-0.15, -0.1) is 0 Å². The number of carbonyl (C=O) groups is 1. The Kier molecular flexibility index (Phi) is 1.73. The first-order valence-corrected chi connectivity index (χ1v) is 3.10. The van der Waals surface area contributed by atoms with E-state index in [1.54, 1.807) is 7.05 Å². The van der Waals surface area contributed by atoms with Crippen LogP contribution in [0.25, 0.3) is 0 Å². The monoisotopic (exact) mass is 149 g/mol. The van der Waals surface area contributed by atoms with Gasteiger partial charge in [0.2, 0.25) is 0 Å². The molecule has 1 rings (SSSR count). The summed E-state index contributed by atoms with van der Waals surface area (Å²) >= 11 is 0. The molecule has 1 aromatic rings. The number of nitriles is 1. The minimum Gasteiger partial charge on any atom is -0.293 e. The van der Waals surface area contributed by atoms with Crippen molar-refractivity contribution in [2.75, 3.05) is 0 Å². The molecular weight excluding hydrogens is 142 g/mol. The van der Waals surface area contributed by atoms with Crippen molar-refractivity contribution < 1.29 is 4.79 Å². The van der Waals surface area contributed by atoms with Gasteiger partial charge in [0, 0.05) is 20.0 Å². The zero-order valence-electron chi connectivity index (χ0n) is 6.33. The van der Waals surface area contributed by atoms with Gasteiger partial charge in [0.25, 0.3) is 0 Å². The summed E-state index contributed by atoms with van der Waals surface area (Å²) in [6.07, 6.45) is 0. The van der Waals surface area contributed by atoms with Crippen LogP contribution >= 0.6 is 0 Å². The van der Waals surface area contributed by atoms with Crippen LogP contribution in [0, 0.1) is 11.3 Å². The average molecular weight is 149 g/mol. The number of carbonyl (C=O) groups excluding carboxylic acids is 1. The highest BCUT2D eigenvalue weighted by Gasteiger charge is 2.06. The largest absolute Gasteiger partial charge is 0.293 e. The van der Waals surface area contributed by atoms with Crippen LogP contribution in [0.1, 0.15) is 23.1 Å². The first kappa shape index (κ1) is 7.48. The molecule has 0 aliphatic heterocycles. The smallest absolute Gasteiger partial charge is 0.180 e. The summed E-state index contributed by atoms with van der Waals surface area (Å²) in [5.74, 6) is -0.123. The normalized spacial score (nSPS) is 9.18. The molecule has 0 saturated carbocycles. The lowest BCUT2D eigenvalue weighted by atomic mass is 10.3. The second-order valence-electron chi connectivity index (χ2n) is 2.21. The van der Waals surface area contributed by atoms with Gasteiger partial charge in [0.1, 0.15) is 17.5 Å². The van der Waals surface area contributed by atoms with Gasteiger partial charge in [-0.05, 0) is 0 Å². The van der Waals surface area contributed by atoms with Crippen molar-refractivity contribution in [3.05, 3.63) is 17.5 Å². The average Bonchev–Trinajstić information content (AvgIpc) is 2.31. The molecule has 0 unspecified atom stereocenters. The van der Waals surface area contributed by atoms with Crippen LogP contribution < -0.4 is 0 Å². The highest BCUT2D eigenvalue weighted by Crippen LogP contribution is 2.01. The number of aryl methyl sites for hydroxylation is 1. The molecule has 0 N–H and O–H groups in total. The number of aromatic nitrogens is 2. The van der Waals surface area contributed by atoms with Crippen molar-refractivity contribution in [1.29, 1.82) is 5.26 Å². The van der Waals surface area contributed by atoms with Gasteiger partial charge in [-0.2, -0.15) is 10.4 Å². The fourth-order valence-electron chi connectivity index (χ4n) is 0.744. The van der Waals surface area contributed by atoms with E-state index in [0.717, 1.165) is 0 Å². The first-order valence-electron chi connectivity index (χ1n) is 3.10. The molecule has 0 aliphatic carbocycles. The fraction of sp³-hybridized carbons (Fsp3) is 0.286. The van der Waals surface area contributed by atoms with E-state index in [9.17, 15) is 4.79 Å². The molecule has 0 saturated heterocycles. The first-order chi connectivity index (χ1) is 5.15. The maximum atomic E-state index is 10.7. The zero-order chi connectivity index (χ0) is 8.43. The number of nitrogens with zero attached hydrogens (tertiary/aromatic N) is 3. The number of hydrogen-bond donors (Lipinski definition) is 0. The molecule has 4 nitrogen and oxygen atoms in total. The Hall–Kier alpha value is -1.63. The highest BCUT2D eigenvalue weighted by molar-refractivity contribution is 5.92. The van der Waals surface area contributed by atoms with Crippen LogP contribution in [0.4, 0.5) is 0 Å². The molecule has 0 aromatic carbocycles. The number of rotatable bonds is 1. The van der Waals surface area contributed by atoms with Crippen LogP contribution in [-0.4, -0.2) is 15.6 Å². The van der Waals surface area contributed by atoms with Crippen molar-refractivity contribution in [3.8, 4) is 6.07 Å². The van der Waals surface area contributed by atoms with Crippen molar-refractivity contribution in [3.63, 3.8) is 0 Å².